The minimum Gasteiger partial charge on any atom is -0.461 e. The predicted octanol–water partition coefficient (Wildman–Crippen LogP) is 4.24. The summed E-state index contributed by atoms with van der Waals surface area (Å²) in [6.45, 7) is 2.17. The number of hydrogen-bond acceptors (Lipinski definition) is 3. The third-order valence-electron chi connectivity index (χ3n) is 4.03. The first-order valence-electron chi connectivity index (χ1n) is 8.06. The molecule has 2 heterocycles. The molecule has 0 atom stereocenters. The molecule has 0 bridgehead atoms. The quantitative estimate of drug-likeness (QED) is 0.608. The van der Waals surface area contributed by atoms with Crippen LogP contribution in [0.4, 0.5) is 5.69 Å². The molecule has 0 aliphatic heterocycles. The van der Waals surface area contributed by atoms with Crippen molar-refractivity contribution in [3.63, 3.8) is 0 Å². The van der Waals surface area contributed by atoms with E-state index >= 15 is 0 Å². The smallest absolute Gasteiger partial charge is 0.244 e. The summed E-state index contributed by atoms with van der Waals surface area (Å²) in [4.78, 5) is 17.2. The Hall–Kier alpha value is -3.34. The van der Waals surface area contributed by atoms with Gasteiger partial charge in [0, 0.05) is 5.69 Å². The molecule has 0 saturated carbocycles. The van der Waals surface area contributed by atoms with Crippen molar-refractivity contribution in [1.82, 2.24) is 9.55 Å². The van der Waals surface area contributed by atoms with Crippen LogP contribution in [-0.2, 0) is 11.3 Å². The van der Waals surface area contributed by atoms with Crippen molar-refractivity contribution in [3.8, 4) is 11.6 Å². The van der Waals surface area contributed by atoms with Gasteiger partial charge in [0.2, 0.25) is 5.91 Å². The van der Waals surface area contributed by atoms with Crippen LogP contribution < -0.4 is 5.32 Å². The molecule has 0 unspecified atom stereocenters. The molecule has 0 aliphatic rings. The van der Waals surface area contributed by atoms with Gasteiger partial charge >= 0.3 is 0 Å². The fourth-order valence-electron chi connectivity index (χ4n) is 2.81. The van der Waals surface area contributed by atoms with Gasteiger partial charge in [0.1, 0.15) is 6.54 Å². The summed E-state index contributed by atoms with van der Waals surface area (Å²) in [6, 6.07) is 19.1. The van der Waals surface area contributed by atoms with Crippen LogP contribution in [-0.4, -0.2) is 15.5 Å². The first-order chi connectivity index (χ1) is 12.2. The molecular weight excluding hydrogens is 314 g/mol. The molecule has 5 nitrogen and oxygen atoms in total. The predicted molar refractivity (Wildman–Crippen MR) is 97.2 cm³/mol. The van der Waals surface area contributed by atoms with Gasteiger partial charge in [0.15, 0.2) is 11.6 Å². The molecule has 0 fully saturated rings. The molecule has 0 aliphatic carbocycles. The highest BCUT2D eigenvalue weighted by molar-refractivity contribution is 5.92. The highest BCUT2D eigenvalue weighted by Gasteiger charge is 2.16. The second kappa shape index (κ2) is 6.28. The maximum atomic E-state index is 12.5. The second-order valence-electron chi connectivity index (χ2n) is 5.90. The highest BCUT2D eigenvalue weighted by atomic mass is 16.3. The molecule has 1 N–H and O–H groups in total. The molecule has 1 amide bonds. The van der Waals surface area contributed by atoms with E-state index in [-0.39, 0.29) is 12.5 Å². The first-order valence-corrected chi connectivity index (χ1v) is 8.06. The van der Waals surface area contributed by atoms with Gasteiger partial charge in [-0.2, -0.15) is 0 Å². The summed E-state index contributed by atoms with van der Waals surface area (Å²) in [5.74, 6) is 1.17. The van der Waals surface area contributed by atoms with E-state index in [1.165, 1.54) is 0 Å². The van der Waals surface area contributed by atoms with E-state index in [1.54, 1.807) is 6.26 Å². The Labute approximate surface area is 144 Å². The van der Waals surface area contributed by atoms with Crippen LogP contribution in [0.3, 0.4) is 0 Å². The largest absolute Gasteiger partial charge is 0.461 e. The number of hydrogen-bond donors (Lipinski definition) is 1. The number of carbonyl (C=O) groups excluding carboxylic acids is 1. The number of para-hydroxylation sites is 2. The number of benzene rings is 2. The van der Waals surface area contributed by atoms with Crippen molar-refractivity contribution >= 4 is 22.6 Å². The second-order valence-corrected chi connectivity index (χ2v) is 5.90. The zero-order valence-electron chi connectivity index (χ0n) is 13.8. The van der Waals surface area contributed by atoms with E-state index in [4.69, 9.17) is 4.42 Å². The van der Waals surface area contributed by atoms with Gasteiger partial charge in [0.05, 0.1) is 17.3 Å². The molecular formula is C20H17N3O2. The Morgan fingerprint density at radius 2 is 1.88 bits per heavy atom. The number of amides is 1. The van der Waals surface area contributed by atoms with E-state index in [2.05, 4.69) is 10.3 Å². The molecule has 2 aromatic heterocycles. The maximum Gasteiger partial charge on any atom is 0.244 e. The van der Waals surface area contributed by atoms with Gasteiger partial charge in [-0.3, -0.25) is 4.79 Å². The SMILES string of the molecule is Cc1ccc(NC(=O)Cn2c(-c3ccco3)nc3ccccc32)cc1. The Kier molecular flexibility index (Phi) is 3.82. The Morgan fingerprint density at radius 1 is 1.08 bits per heavy atom. The summed E-state index contributed by atoms with van der Waals surface area (Å²) >= 11 is 0. The Balaban J connectivity index is 1.67. The average Bonchev–Trinajstić information content (AvgIpc) is 3.25. The van der Waals surface area contributed by atoms with Gasteiger partial charge in [-0.1, -0.05) is 29.8 Å². The summed E-state index contributed by atoms with van der Waals surface area (Å²) in [7, 11) is 0. The van der Waals surface area contributed by atoms with Crippen LogP contribution >= 0.6 is 0 Å². The molecule has 5 heteroatoms. The minimum atomic E-state index is -0.111. The minimum absolute atomic E-state index is 0.111. The topological polar surface area (TPSA) is 60.1 Å². The molecule has 0 spiro atoms. The normalized spacial score (nSPS) is 10.9. The monoisotopic (exact) mass is 331 g/mol. The molecule has 4 rings (SSSR count). The number of nitrogens with one attached hydrogen (secondary N) is 1. The fourth-order valence-corrected chi connectivity index (χ4v) is 2.81. The maximum absolute atomic E-state index is 12.5. The lowest BCUT2D eigenvalue weighted by molar-refractivity contribution is -0.116. The lowest BCUT2D eigenvalue weighted by atomic mass is 10.2. The number of nitrogens with zero attached hydrogens (tertiary/aromatic N) is 2. The third-order valence-corrected chi connectivity index (χ3v) is 4.03. The average molecular weight is 331 g/mol. The number of furan rings is 1. The first kappa shape index (κ1) is 15.2. The number of aromatic nitrogens is 2. The summed E-state index contributed by atoms with van der Waals surface area (Å²) in [6.07, 6.45) is 1.60. The molecule has 0 radical (unpaired) electrons. The fraction of sp³-hybridized carbons (Fsp3) is 0.100. The van der Waals surface area contributed by atoms with E-state index in [0.29, 0.717) is 11.6 Å². The van der Waals surface area contributed by atoms with Crippen LogP contribution in [0.5, 0.6) is 0 Å². The van der Waals surface area contributed by atoms with Crippen molar-refractivity contribution in [1.29, 1.82) is 0 Å². The van der Waals surface area contributed by atoms with E-state index in [9.17, 15) is 4.79 Å². The molecule has 2 aromatic carbocycles. The van der Waals surface area contributed by atoms with Crippen LogP contribution in [0.1, 0.15) is 5.56 Å². The number of aryl methyl sites for hydroxylation is 1. The van der Waals surface area contributed by atoms with Crippen molar-refractivity contribution in [2.24, 2.45) is 0 Å². The number of anilines is 1. The van der Waals surface area contributed by atoms with Crippen molar-refractivity contribution in [2.75, 3.05) is 5.32 Å². The van der Waals surface area contributed by atoms with E-state index in [0.717, 1.165) is 22.3 Å². The van der Waals surface area contributed by atoms with Gasteiger partial charge in [-0.25, -0.2) is 4.98 Å². The Bertz CT molecular complexity index is 1010. The summed E-state index contributed by atoms with van der Waals surface area (Å²) < 4.78 is 7.36. The van der Waals surface area contributed by atoms with Gasteiger partial charge < -0.3 is 14.3 Å². The van der Waals surface area contributed by atoms with Crippen molar-refractivity contribution in [2.45, 2.75) is 13.5 Å². The standard InChI is InChI=1S/C20H17N3O2/c1-14-8-10-15(11-9-14)21-19(24)13-23-17-6-3-2-5-16(17)22-20(23)18-7-4-12-25-18/h2-12H,13H2,1H3,(H,21,24). The highest BCUT2D eigenvalue weighted by Crippen LogP contribution is 2.25. The molecule has 124 valence electrons. The van der Waals surface area contributed by atoms with E-state index < -0.39 is 0 Å². The molecule has 4 aromatic rings. The Morgan fingerprint density at radius 3 is 2.64 bits per heavy atom. The number of carbonyl (C=O) groups is 1. The molecule has 25 heavy (non-hydrogen) atoms. The van der Waals surface area contributed by atoms with Crippen LogP contribution in [0, 0.1) is 6.92 Å². The molecule has 0 saturated heterocycles. The number of imidazole rings is 1. The van der Waals surface area contributed by atoms with Crippen LogP contribution in [0.25, 0.3) is 22.6 Å². The van der Waals surface area contributed by atoms with Gasteiger partial charge in [0.25, 0.3) is 0 Å². The summed E-state index contributed by atoms with van der Waals surface area (Å²) in [5, 5.41) is 2.93. The zero-order chi connectivity index (χ0) is 17.2. The number of fused-ring (bicyclic) bond motifs is 1. The van der Waals surface area contributed by atoms with Crippen molar-refractivity contribution < 1.29 is 9.21 Å². The van der Waals surface area contributed by atoms with Gasteiger partial charge in [-0.05, 0) is 43.3 Å². The van der Waals surface area contributed by atoms with E-state index in [1.807, 2.05) is 72.2 Å². The van der Waals surface area contributed by atoms with Crippen LogP contribution in [0.2, 0.25) is 0 Å². The van der Waals surface area contributed by atoms with Crippen LogP contribution in [0.15, 0.2) is 71.3 Å². The summed E-state index contributed by atoms with van der Waals surface area (Å²) in [5.41, 5.74) is 3.66. The third kappa shape index (κ3) is 3.04. The zero-order valence-corrected chi connectivity index (χ0v) is 13.8. The lowest BCUT2D eigenvalue weighted by Crippen LogP contribution is -2.19. The number of rotatable bonds is 4. The van der Waals surface area contributed by atoms with Gasteiger partial charge in [-0.15, -0.1) is 0 Å². The van der Waals surface area contributed by atoms with Crippen molar-refractivity contribution in [3.05, 3.63) is 72.5 Å². The lowest BCUT2D eigenvalue weighted by Gasteiger charge is -2.09.